The highest BCUT2D eigenvalue weighted by molar-refractivity contribution is 6.36. The fourth-order valence-electron chi connectivity index (χ4n) is 1.67. The van der Waals surface area contributed by atoms with Crippen molar-refractivity contribution in [1.29, 1.82) is 0 Å². The van der Waals surface area contributed by atoms with Crippen molar-refractivity contribution < 1.29 is 19.1 Å². The average molecular weight is 420 g/mol. The highest BCUT2D eigenvalue weighted by Gasteiger charge is 2.14. The third-order valence-corrected chi connectivity index (χ3v) is 3.92. The Morgan fingerprint density at radius 1 is 0.840 bits per heavy atom. The molecular formula is C17H10Cl4O4. The van der Waals surface area contributed by atoms with E-state index in [1.807, 2.05) is 0 Å². The number of rotatable bonds is 4. The van der Waals surface area contributed by atoms with Gasteiger partial charge in [0.2, 0.25) is 0 Å². The maximum absolute atomic E-state index is 12.0. The van der Waals surface area contributed by atoms with Gasteiger partial charge in [0.05, 0.1) is 10.0 Å². The molecule has 0 aliphatic heterocycles. The summed E-state index contributed by atoms with van der Waals surface area (Å²) in [6.07, 6.45) is 0.983. The molecule has 2 aromatic rings. The van der Waals surface area contributed by atoms with Gasteiger partial charge in [-0.25, -0.2) is 9.59 Å². The molecule has 0 aliphatic rings. The first-order valence-electron chi connectivity index (χ1n) is 6.78. The van der Waals surface area contributed by atoms with E-state index in [0.717, 1.165) is 6.08 Å². The van der Waals surface area contributed by atoms with Crippen LogP contribution in [0.2, 0.25) is 20.1 Å². The molecule has 0 saturated heterocycles. The molecule has 0 atom stereocenters. The summed E-state index contributed by atoms with van der Waals surface area (Å²) in [4.78, 5) is 23.9. The van der Waals surface area contributed by atoms with Crippen molar-refractivity contribution in [2.45, 2.75) is 6.92 Å². The monoisotopic (exact) mass is 418 g/mol. The Labute approximate surface area is 163 Å². The van der Waals surface area contributed by atoms with Gasteiger partial charge < -0.3 is 9.47 Å². The smallest absolute Gasteiger partial charge is 0.339 e. The molecule has 4 nitrogen and oxygen atoms in total. The van der Waals surface area contributed by atoms with Crippen molar-refractivity contribution in [2.75, 3.05) is 0 Å². The molecule has 130 valence electrons. The summed E-state index contributed by atoms with van der Waals surface area (Å²) >= 11 is 23.4. The first kappa shape index (κ1) is 19.6. The van der Waals surface area contributed by atoms with Gasteiger partial charge in [-0.1, -0.05) is 46.4 Å². The molecule has 25 heavy (non-hydrogen) atoms. The second-order valence-corrected chi connectivity index (χ2v) is 6.47. The van der Waals surface area contributed by atoms with E-state index in [4.69, 9.17) is 55.9 Å². The van der Waals surface area contributed by atoms with Gasteiger partial charge in [0, 0.05) is 21.7 Å². The van der Waals surface area contributed by atoms with Crippen LogP contribution < -0.4 is 9.47 Å². The van der Waals surface area contributed by atoms with Crippen molar-refractivity contribution in [1.82, 2.24) is 0 Å². The number of carbonyl (C=O) groups is 2. The van der Waals surface area contributed by atoms with Gasteiger partial charge >= 0.3 is 11.9 Å². The highest BCUT2D eigenvalue weighted by Crippen LogP contribution is 2.29. The van der Waals surface area contributed by atoms with Gasteiger partial charge in [0.15, 0.2) is 0 Å². The number of halogens is 4. The standard InChI is InChI=1S/C17H10Cl4O4/c1-9(17(23)25-15-5-3-11(19)8-13(15)21)6-16(22)24-14-4-2-10(18)7-12(14)20/h2-8H,1H3/b9-6+. The van der Waals surface area contributed by atoms with Crippen LogP contribution in [0.1, 0.15) is 6.92 Å². The van der Waals surface area contributed by atoms with E-state index in [0.29, 0.717) is 10.0 Å². The van der Waals surface area contributed by atoms with Crippen LogP contribution in [0.5, 0.6) is 11.5 Å². The van der Waals surface area contributed by atoms with E-state index in [1.54, 1.807) is 0 Å². The van der Waals surface area contributed by atoms with Gasteiger partial charge in [-0.2, -0.15) is 0 Å². The van der Waals surface area contributed by atoms with E-state index in [9.17, 15) is 9.59 Å². The Kier molecular flexibility index (Phi) is 6.73. The van der Waals surface area contributed by atoms with Gasteiger partial charge in [-0.3, -0.25) is 0 Å². The molecule has 0 fully saturated rings. The number of benzene rings is 2. The van der Waals surface area contributed by atoms with Gasteiger partial charge in [0.25, 0.3) is 0 Å². The van der Waals surface area contributed by atoms with E-state index in [2.05, 4.69) is 0 Å². The lowest BCUT2D eigenvalue weighted by Crippen LogP contribution is -2.13. The lowest BCUT2D eigenvalue weighted by Gasteiger charge is -2.07. The maximum atomic E-state index is 12.0. The summed E-state index contributed by atoms with van der Waals surface area (Å²) in [5.74, 6) is -1.31. The SMILES string of the molecule is C/C(=C\C(=O)Oc1ccc(Cl)cc1Cl)C(=O)Oc1ccc(Cl)cc1Cl. The van der Waals surface area contributed by atoms with Crippen LogP contribution in [0.3, 0.4) is 0 Å². The first-order chi connectivity index (χ1) is 11.8. The predicted molar refractivity (Wildman–Crippen MR) is 98.0 cm³/mol. The van der Waals surface area contributed by atoms with E-state index < -0.39 is 11.9 Å². The zero-order valence-corrected chi connectivity index (χ0v) is 15.7. The molecule has 0 amide bonds. The minimum Gasteiger partial charge on any atom is -0.422 e. The van der Waals surface area contributed by atoms with Crippen LogP contribution in [0.25, 0.3) is 0 Å². The second-order valence-electron chi connectivity index (χ2n) is 4.79. The number of hydrogen-bond donors (Lipinski definition) is 0. The van der Waals surface area contributed by atoms with E-state index in [-0.39, 0.29) is 27.1 Å². The van der Waals surface area contributed by atoms with Crippen LogP contribution in [0.15, 0.2) is 48.0 Å². The van der Waals surface area contributed by atoms with Crippen LogP contribution in [0.4, 0.5) is 0 Å². The topological polar surface area (TPSA) is 52.6 Å². The number of carbonyl (C=O) groups excluding carboxylic acids is 2. The minimum atomic E-state index is -0.791. The van der Waals surface area contributed by atoms with Crippen molar-refractivity contribution in [3.05, 3.63) is 68.1 Å². The van der Waals surface area contributed by atoms with Crippen LogP contribution >= 0.6 is 46.4 Å². The molecule has 0 aromatic heterocycles. The molecule has 0 bridgehead atoms. The van der Waals surface area contributed by atoms with Crippen molar-refractivity contribution in [3.8, 4) is 11.5 Å². The van der Waals surface area contributed by atoms with Crippen LogP contribution in [0, 0.1) is 0 Å². The summed E-state index contributed by atoms with van der Waals surface area (Å²) in [6.45, 7) is 1.40. The Morgan fingerprint density at radius 3 is 1.80 bits per heavy atom. The van der Waals surface area contributed by atoms with Crippen molar-refractivity contribution in [2.24, 2.45) is 0 Å². The summed E-state index contributed by atoms with van der Waals surface area (Å²) in [5.41, 5.74) is 0.0149. The van der Waals surface area contributed by atoms with E-state index >= 15 is 0 Å². The molecule has 0 spiro atoms. The second kappa shape index (κ2) is 8.59. The third-order valence-electron chi connectivity index (χ3n) is 2.86. The Bertz CT molecular complexity index is 862. The Hall–Kier alpha value is -1.72. The molecule has 0 N–H and O–H groups in total. The molecule has 0 radical (unpaired) electrons. The lowest BCUT2D eigenvalue weighted by atomic mass is 10.3. The summed E-state index contributed by atoms with van der Waals surface area (Å²) in [7, 11) is 0. The third kappa shape index (κ3) is 5.65. The zero-order chi connectivity index (χ0) is 18.6. The molecule has 0 aliphatic carbocycles. The summed E-state index contributed by atoms with van der Waals surface area (Å²) in [5, 5.41) is 1.15. The first-order valence-corrected chi connectivity index (χ1v) is 8.30. The predicted octanol–water partition coefficient (Wildman–Crippen LogP) is 5.76. The number of hydrogen-bond acceptors (Lipinski definition) is 4. The lowest BCUT2D eigenvalue weighted by molar-refractivity contribution is -0.132. The minimum absolute atomic E-state index is 0.0149. The maximum Gasteiger partial charge on any atom is 0.339 e. The number of ether oxygens (including phenoxy) is 2. The van der Waals surface area contributed by atoms with Crippen molar-refractivity contribution in [3.63, 3.8) is 0 Å². The van der Waals surface area contributed by atoms with Crippen LogP contribution in [-0.2, 0) is 9.59 Å². The molecule has 0 saturated carbocycles. The fraction of sp³-hybridized carbons (Fsp3) is 0.0588. The largest absolute Gasteiger partial charge is 0.422 e. The Morgan fingerprint density at radius 2 is 1.32 bits per heavy atom. The average Bonchev–Trinajstić information content (AvgIpc) is 2.52. The van der Waals surface area contributed by atoms with Gasteiger partial charge in [0.1, 0.15) is 11.5 Å². The normalized spacial score (nSPS) is 11.2. The summed E-state index contributed by atoms with van der Waals surface area (Å²) < 4.78 is 10.2. The summed E-state index contributed by atoms with van der Waals surface area (Å²) in [6, 6.07) is 8.79. The quantitative estimate of drug-likeness (QED) is 0.359. The van der Waals surface area contributed by atoms with Crippen molar-refractivity contribution >= 4 is 58.3 Å². The highest BCUT2D eigenvalue weighted by atomic mass is 35.5. The van der Waals surface area contributed by atoms with E-state index in [1.165, 1.54) is 43.3 Å². The number of esters is 2. The van der Waals surface area contributed by atoms with Gasteiger partial charge in [-0.05, 0) is 43.3 Å². The Balaban J connectivity index is 2.06. The molecule has 2 rings (SSSR count). The molecule has 2 aromatic carbocycles. The van der Waals surface area contributed by atoms with Gasteiger partial charge in [-0.15, -0.1) is 0 Å². The fourth-order valence-corrected chi connectivity index (χ4v) is 2.56. The molecule has 8 heteroatoms. The van der Waals surface area contributed by atoms with Crippen LogP contribution in [-0.4, -0.2) is 11.9 Å². The molecule has 0 heterocycles. The molecular weight excluding hydrogens is 410 g/mol. The zero-order valence-electron chi connectivity index (χ0n) is 12.7. The molecule has 0 unspecified atom stereocenters.